The third-order valence-electron chi connectivity index (χ3n) is 2.46. The number of benzene rings is 1. The first-order chi connectivity index (χ1) is 9.67. The number of halogens is 1. The standard InChI is InChI=1S/C14H14ClNO2S2/c1-18-11-4-2-3-10(7-11)16-14(17)9-19-8-12-5-6-13(15)20-12/h2-7H,8-9H2,1H3,(H,16,17). The molecule has 0 saturated carbocycles. The Morgan fingerprint density at radius 2 is 2.25 bits per heavy atom. The number of amides is 1. The van der Waals surface area contributed by atoms with Crippen molar-refractivity contribution in [1.82, 2.24) is 0 Å². The minimum atomic E-state index is -0.0223. The highest BCUT2D eigenvalue weighted by Gasteiger charge is 2.05. The second-order valence-corrected chi connectivity index (χ2v) is 6.76. The minimum Gasteiger partial charge on any atom is -0.497 e. The summed E-state index contributed by atoms with van der Waals surface area (Å²) in [5.74, 6) is 1.91. The lowest BCUT2D eigenvalue weighted by Crippen LogP contribution is -2.14. The van der Waals surface area contributed by atoms with Crippen molar-refractivity contribution in [3.8, 4) is 5.75 Å². The van der Waals surface area contributed by atoms with Gasteiger partial charge in [0, 0.05) is 22.4 Å². The number of ether oxygens (including phenoxy) is 1. The Balaban J connectivity index is 1.77. The molecule has 0 saturated heterocycles. The van der Waals surface area contributed by atoms with Crippen LogP contribution in [0.3, 0.4) is 0 Å². The lowest BCUT2D eigenvalue weighted by atomic mass is 10.3. The van der Waals surface area contributed by atoms with E-state index in [1.165, 1.54) is 4.88 Å². The van der Waals surface area contributed by atoms with E-state index in [2.05, 4.69) is 5.32 Å². The Morgan fingerprint density at radius 1 is 1.40 bits per heavy atom. The van der Waals surface area contributed by atoms with Crippen molar-refractivity contribution in [1.29, 1.82) is 0 Å². The van der Waals surface area contributed by atoms with Crippen LogP contribution in [0.4, 0.5) is 5.69 Å². The molecular weight excluding hydrogens is 314 g/mol. The molecule has 0 atom stereocenters. The number of thiophene rings is 1. The largest absolute Gasteiger partial charge is 0.497 e. The minimum absolute atomic E-state index is 0.0223. The zero-order chi connectivity index (χ0) is 14.4. The summed E-state index contributed by atoms with van der Waals surface area (Å²) in [5.41, 5.74) is 0.745. The monoisotopic (exact) mass is 327 g/mol. The predicted molar refractivity (Wildman–Crippen MR) is 87.1 cm³/mol. The van der Waals surface area contributed by atoms with Crippen LogP contribution in [0.2, 0.25) is 4.34 Å². The number of carbonyl (C=O) groups excluding carboxylic acids is 1. The molecule has 3 nitrogen and oxygen atoms in total. The van der Waals surface area contributed by atoms with Crippen LogP contribution in [-0.4, -0.2) is 18.8 Å². The Hall–Kier alpha value is -1.17. The van der Waals surface area contributed by atoms with Gasteiger partial charge in [-0.05, 0) is 24.3 Å². The summed E-state index contributed by atoms with van der Waals surface area (Å²) in [7, 11) is 1.60. The molecule has 0 bridgehead atoms. The van der Waals surface area contributed by atoms with Gasteiger partial charge in [0.15, 0.2) is 0 Å². The number of hydrogen-bond donors (Lipinski definition) is 1. The van der Waals surface area contributed by atoms with Gasteiger partial charge in [-0.25, -0.2) is 0 Å². The second-order valence-electron chi connectivity index (χ2n) is 3.98. The number of hydrogen-bond acceptors (Lipinski definition) is 4. The average molecular weight is 328 g/mol. The number of rotatable bonds is 6. The zero-order valence-corrected chi connectivity index (χ0v) is 13.3. The zero-order valence-electron chi connectivity index (χ0n) is 10.9. The summed E-state index contributed by atoms with van der Waals surface area (Å²) in [6, 6.07) is 11.2. The summed E-state index contributed by atoms with van der Waals surface area (Å²) in [5, 5.41) is 2.85. The van der Waals surface area contributed by atoms with Crippen molar-refractivity contribution >= 4 is 46.3 Å². The highest BCUT2D eigenvalue weighted by Crippen LogP contribution is 2.25. The van der Waals surface area contributed by atoms with E-state index in [1.807, 2.05) is 30.3 Å². The molecular formula is C14H14ClNO2S2. The van der Waals surface area contributed by atoms with Crippen LogP contribution in [0, 0.1) is 0 Å². The van der Waals surface area contributed by atoms with Crippen molar-refractivity contribution in [3.63, 3.8) is 0 Å². The molecule has 1 N–H and O–H groups in total. The van der Waals surface area contributed by atoms with Gasteiger partial charge < -0.3 is 10.1 Å². The fourth-order valence-electron chi connectivity index (χ4n) is 1.57. The van der Waals surface area contributed by atoms with E-state index in [4.69, 9.17) is 16.3 Å². The van der Waals surface area contributed by atoms with Gasteiger partial charge in [0.05, 0.1) is 17.2 Å². The molecule has 1 aromatic carbocycles. The molecule has 2 aromatic rings. The van der Waals surface area contributed by atoms with Crippen LogP contribution >= 0.6 is 34.7 Å². The first kappa shape index (κ1) is 15.2. The number of thioether (sulfide) groups is 1. The van der Waals surface area contributed by atoms with E-state index < -0.39 is 0 Å². The number of carbonyl (C=O) groups is 1. The average Bonchev–Trinajstić information content (AvgIpc) is 2.84. The number of nitrogens with one attached hydrogen (secondary N) is 1. The third kappa shape index (κ3) is 4.74. The summed E-state index contributed by atoms with van der Waals surface area (Å²) in [4.78, 5) is 13.0. The maximum Gasteiger partial charge on any atom is 0.234 e. The summed E-state index contributed by atoms with van der Waals surface area (Å²) in [6.07, 6.45) is 0. The van der Waals surface area contributed by atoms with Crippen LogP contribution in [0.25, 0.3) is 0 Å². The predicted octanol–water partition coefficient (Wildman–Crippen LogP) is 4.28. The lowest BCUT2D eigenvalue weighted by Gasteiger charge is -2.06. The molecule has 6 heteroatoms. The van der Waals surface area contributed by atoms with Crippen molar-refractivity contribution in [2.75, 3.05) is 18.2 Å². The maximum absolute atomic E-state index is 11.8. The Bertz CT molecular complexity index is 586. The topological polar surface area (TPSA) is 38.3 Å². The van der Waals surface area contributed by atoms with Crippen molar-refractivity contribution < 1.29 is 9.53 Å². The van der Waals surface area contributed by atoms with Gasteiger partial charge in [0.2, 0.25) is 5.91 Å². The molecule has 0 aliphatic rings. The van der Waals surface area contributed by atoms with Crippen LogP contribution < -0.4 is 10.1 Å². The van der Waals surface area contributed by atoms with Gasteiger partial charge in [-0.1, -0.05) is 17.7 Å². The normalized spacial score (nSPS) is 10.3. The van der Waals surface area contributed by atoms with E-state index in [-0.39, 0.29) is 5.91 Å². The van der Waals surface area contributed by atoms with Crippen LogP contribution in [0.1, 0.15) is 4.88 Å². The van der Waals surface area contributed by atoms with Crippen LogP contribution in [0.15, 0.2) is 36.4 Å². The van der Waals surface area contributed by atoms with Crippen molar-refractivity contribution in [3.05, 3.63) is 45.6 Å². The molecule has 0 aliphatic heterocycles. The summed E-state index contributed by atoms with van der Waals surface area (Å²) in [6.45, 7) is 0. The van der Waals surface area contributed by atoms with Gasteiger partial charge >= 0.3 is 0 Å². The van der Waals surface area contributed by atoms with E-state index in [1.54, 1.807) is 36.3 Å². The third-order valence-corrected chi connectivity index (χ3v) is 4.86. The Kier molecular flexibility index (Phi) is 5.76. The first-order valence-electron chi connectivity index (χ1n) is 5.93. The molecule has 0 unspecified atom stereocenters. The highest BCUT2D eigenvalue weighted by molar-refractivity contribution is 7.99. The van der Waals surface area contributed by atoms with E-state index in [0.717, 1.165) is 21.5 Å². The SMILES string of the molecule is COc1cccc(NC(=O)CSCc2ccc(Cl)s2)c1. The Labute approximate surface area is 131 Å². The molecule has 106 valence electrons. The van der Waals surface area contributed by atoms with Crippen LogP contribution in [-0.2, 0) is 10.5 Å². The molecule has 1 amide bonds. The van der Waals surface area contributed by atoms with Crippen molar-refractivity contribution in [2.24, 2.45) is 0 Å². The molecule has 1 aromatic heterocycles. The van der Waals surface area contributed by atoms with E-state index in [9.17, 15) is 4.79 Å². The fraction of sp³-hybridized carbons (Fsp3) is 0.214. The maximum atomic E-state index is 11.8. The smallest absolute Gasteiger partial charge is 0.234 e. The van der Waals surface area contributed by atoms with Gasteiger partial charge in [-0.15, -0.1) is 23.1 Å². The van der Waals surface area contributed by atoms with Crippen molar-refractivity contribution in [2.45, 2.75) is 5.75 Å². The van der Waals surface area contributed by atoms with Crippen LogP contribution in [0.5, 0.6) is 5.75 Å². The molecule has 0 fully saturated rings. The van der Waals surface area contributed by atoms with Gasteiger partial charge in [0.25, 0.3) is 0 Å². The first-order valence-corrected chi connectivity index (χ1v) is 8.28. The van der Waals surface area contributed by atoms with E-state index in [0.29, 0.717) is 5.75 Å². The van der Waals surface area contributed by atoms with Gasteiger partial charge in [-0.2, -0.15) is 0 Å². The summed E-state index contributed by atoms with van der Waals surface area (Å²) >= 11 is 8.97. The molecule has 0 radical (unpaired) electrons. The van der Waals surface area contributed by atoms with E-state index >= 15 is 0 Å². The molecule has 1 heterocycles. The highest BCUT2D eigenvalue weighted by atomic mass is 35.5. The fourth-order valence-corrected chi connectivity index (χ4v) is 3.60. The number of methoxy groups -OCH3 is 1. The van der Waals surface area contributed by atoms with Gasteiger partial charge in [-0.3, -0.25) is 4.79 Å². The lowest BCUT2D eigenvalue weighted by molar-refractivity contribution is -0.113. The summed E-state index contributed by atoms with van der Waals surface area (Å²) < 4.78 is 5.89. The molecule has 20 heavy (non-hydrogen) atoms. The second kappa shape index (κ2) is 7.57. The number of anilines is 1. The molecule has 2 rings (SSSR count). The molecule has 0 spiro atoms. The molecule has 0 aliphatic carbocycles. The Morgan fingerprint density at radius 3 is 2.95 bits per heavy atom. The quantitative estimate of drug-likeness (QED) is 0.860. The van der Waals surface area contributed by atoms with Gasteiger partial charge in [0.1, 0.15) is 5.75 Å².